The molecular weight excluding hydrogens is 328 g/mol. The zero-order chi connectivity index (χ0) is 17.2. The van der Waals surface area contributed by atoms with Gasteiger partial charge in [0, 0.05) is 33.0 Å². The summed E-state index contributed by atoms with van der Waals surface area (Å²) in [5, 5.41) is 0. The van der Waals surface area contributed by atoms with Crippen LogP contribution in [0.3, 0.4) is 0 Å². The Morgan fingerprint density at radius 2 is 1.88 bits per heavy atom. The van der Waals surface area contributed by atoms with Crippen LogP contribution in [0.1, 0.15) is 6.42 Å². The summed E-state index contributed by atoms with van der Waals surface area (Å²) < 4.78 is 32.6. The molecule has 0 radical (unpaired) electrons. The summed E-state index contributed by atoms with van der Waals surface area (Å²) in [7, 11) is 0.234. The van der Waals surface area contributed by atoms with Crippen LogP contribution in [0.15, 0.2) is 47.6 Å². The SMILES string of the molecule is CN(C)c1nccnc1OC1CCN(S(=O)(=O)c2ccccc2)C1. The van der Waals surface area contributed by atoms with Gasteiger partial charge in [-0.3, -0.25) is 0 Å². The van der Waals surface area contributed by atoms with Gasteiger partial charge < -0.3 is 9.64 Å². The molecule has 128 valence electrons. The molecule has 0 N–H and O–H groups in total. The first-order chi connectivity index (χ1) is 11.5. The van der Waals surface area contributed by atoms with Crippen molar-refractivity contribution in [1.29, 1.82) is 0 Å². The fourth-order valence-corrected chi connectivity index (χ4v) is 4.13. The smallest absolute Gasteiger partial charge is 0.257 e. The molecule has 2 aromatic rings. The molecule has 1 aromatic heterocycles. The highest BCUT2D eigenvalue weighted by Crippen LogP contribution is 2.26. The molecule has 1 aliphatic heterocycles. The third kappa shape index (κ3) is 3.34. The van der Waals surface area contributed by atoms with Crippen molar-refractivity contribution in [1.82, 2.24) is 14.3 Å². The molecule has 0 saturated carbocycles. The molecule has 1 unspecified atom stereocenters. The van der Waals surface area contributed by atoms with Gasteiger partial charge in [0.1, 0.15) is 6.10 Å². The summed E-state index contributed by atoms with van der Waals surface area (Å²) >= 11 is 0. The Morgan fingerprint density at radius 3 is 2.58 bits per heavy atom. The highest BCUT2D eigenvalue weighted by Gasteiger charge is 2.34. The molecule has 2 heterocycles. The van der Waals surface area contributed by atoms with E-state index in [9.17, 15) is 8.42 Å². The van der Waals surface area contributed by atoms with E-state index in [1.54, 1.807) is 42.7 Å². The number of anilines is 1. The van der Waals surface area contributed by atoms with Crippen LogP contribution in [-0.4, -0.2) is 56.0 Å². The van der Waals surface area contributed by atoms with Crippen molar-refractivity contribution in [3.8, 4) is 5.88 Å². The number of rotatable bonds is 5. The summed E-state index contributed by atoms with van der Waals surface area (Å²) in [5.41, 5.74) is 0. The van der Waals surface area contributed by atoms with Crippen molar-refractivity contribution in [3.63, 3.8) is 0 Å². The Bertz CT molecular complexity index is 796. The second kappa shape index (κ2) is 6.74. The van der Waals surface area contributed by atoms with E-state index in [1.807, 2.05) is 19.0 Å². The van der Waals surface area contributed by atoms with Gasteiger partial charge in [0.2, 0.25) is 10.0 Å². The molecule has 1 aliphatic rings. The number of nitrogens with zero attached hydrogens (tertiary/aromatic N) is 4. The van der Waals surface area contributed by atoms with Crippen LogP contribution in [0.2, 0.25) is 0 Å². The Labute approximate surface area is 142 Å². The van der Waals surface area contributed by atoms with E-state index in [0.29, 0.717) is 36.1 Å². The van der Waals surface area contributed by atoms with Crippen LogP contribution in [0.4, 0.5) is 5.82 Å². The van der Waals surface area contributed by atoms with Gasteiger partial charge in [0.15, 0.2) is 5.82 Å². The molecule has 0 amide bonds. The Kier molecular flexibility index (Phi) is 4.68. The predicted molar refractivity (Wildman–Crippen MR) is 90.6 cm³/mol. The maximum Gasteiger partial charge on any atom is 0.257 e. The highest BCUT2D eigenvalue weighted by atomic mass is 32.2. The number of hydrogen-bond donors (Lipinski definition) is 0. The molecule has 0 bridgehead atoms. The van der Waals surface area contributed by atoms with E-state index < -0.39 is 10.0 Å². The zero-order valence-corrected chi connectivity index (χ0v) is 14.5. The summed E-state index contributed by atoms with van der Waals surface area (Å²) in [6.45, 7) is 0.736. The quantitative estimate of drug-likeness (QED) is 0.813. The van der Waals surface area contributed by atoms with E-state index in [2.05, 4.69) is 9.97 Å². The summed E-state index contributed by atoms with van der Waals surface area (Å²) in [6, 6.07) is 8.46. The average molecular weight is 348 g/mol. The molecule has 1 saturated heterocycles. The number of benzene rings is 1. The van der Waals surface area contributed by atoms with Crippen molar-refractivity contribution >= 4 is 15.8 Å². The van der Waals surface area contributed by atoms with Crippen LogP contribution in [-0.2, 0) is 10.0 Å². The number of ether oxygens (including phenoxy) is 1. The van der Waals surface area contributed by atoms with Gasteiger partial charge in [-0.1, -0.05) is 18.2 Å². The van der Waals surface area contributed by atoms with Crippen molar-refractivity contribution in [2.45, 2.75) is 17.4 Å². The third-order valence-corrected chi connectivity index (χ3v) is 5.72. The van der Waals surface area contributed by atoms with Gasteiger partial charge in [-0.25, -0.2) is 18.4 Å². The minimum absolute atomic E-state index is 0.237. The summed E-state index contributed by atoms with van der Waals surface area (Å²) in [6.07, 6.45) is 3.55. The lowest BCUT2D eigenvalue weighted by molar-refractivity contribution is 0.207. The Morgan fingerprint density at radius 1 is 1.17 bits per heavy atom. The topological polar surface area (TPSA) is 75.6 Å². The van der Waals surface area contributed by atoms with Crippen LogP contribution in [0, 0.1) is 0 Å². The predicted octanol–water partition coefficient (Wildman–Crippen LogP) is 1.38. The van der Waals surface area contributed by atoms with Gasteiger partial charge in [0.25, 0.3) is 5.88 Å². The lowest BCUT2D eigenvalue weighted by Crippen LogP contribution is -2.31. The van der Waals surface area contributed by atoms with Crippen LogP contribution in [0.5, 0.6) is 5.88 Å². The summed E-state index contributed by atoms with van der Waals surface area (Å²) in [4.78, 5) is 10.6. The third-order valence-electron chi connectivity index (χ3n) is 3.84. The van der Waals surface area contributed by atoms with E-state index in [4.69, 9.17) is 4.74 Å². The lowest BCUT2D eigenvalue weighted by atomic mass is 10.3. The van der Waals surface area contributed by atoms with Gasteiger partial charge in [-0.15, -0.1) is 0 Å². The monoisotopic (exact) mass is 348 g/mol. The highest BCUT2D eigenvalue weighted by molar-refractivity contribution is 7.89. The molecule has 24 heavy (non-hydrogen) atoms. The average Bonchev–Trinajstić information content (AvgIpc) is 3.05. The zero-order valence-electron chi connectivity index (χ0n) is 13.7. The molecule has 0 spiro atoms. The molecule has 1 atom stereocenters. The first-order valence-electron chi connectivity index (χ1n) is 7.68. The first kappa shape index (κ1) is 16.7. The van der Waals surface area contributed by atoms with Crippen LogP contribution < -0.4 is 9.64 Å². The van der Waals surface area contributed by atoms with Gasteiger partial charge in [-0.05, 0) is 18.6 Å². The van der Waals surface area contributed by atoms with Gasteiger partial charge in [-0.2, -0.15) is 4.31 Å². The fourth-order valence-electron chi connectivity index (χ4n) is 2.62. The first-order valence-corrected chi connectivity index (χ1v) is 9.12. The standard InChI is InChI=1S/C16H20N4O3S/c1-19(2)15-16(18-10-9-17-15)23-13-8-11-20(12-13)24(21,22)14-6-4-3-5-7-14/h3-7,9-10,13H,8,11-12H2,1-2H3. The molecular formula is C16H20N4O3S. The van der Waals surface area contributed by atoms with E-state index in [0.717, 1.165) is 0 Å². The molecule has 8 heteroatoms. The molecule has 1 fully saturated rings. The van der Waals surface area contributed by atoms with E-state index in [-0.39, 0.29) is 6.10 Å². The maximum absolute atomic E-state index is 12.6. The summed E-state index contributed by atoms with van der Waals surface area (Å²) in [5.74, 6) is 1.05. The fraction of sp³-hybridized carbons (Fsp3) is 0.375. The molecule has 0 aliphatic carbocycles. The maximum atomic E-state index is 12.6. The van der Waals surface area contributed by atoms with E-state index >= 15 is 0 Å². The largest absolute Gasteiger partial charge is 0.470 e. The minimum atomic E-state index is -3.48. The van der Waals surface area contributed by atoms with Crippen LogP contribution in [0.25, 0.3) is 0 Å². The molecule has 1 aromatic carbocycles. The Balaban J connectivity index is 1.73. The second-order valence-corrected chi connectivity index (χ2v) is 7.72. The minimum Gasteiger partial charge on any atom is -0.470 e. The van der Waals surface area contributed by atoms with Crippen molar-refractivity contribution in [2.75, 3.05) is 32.1 Å². The van der Waals surface area contributed by atoms with E-state index in [1.165, 1.54) is 4.31 Å². The van der Waals surface area contributed by atoms with Crippen molar-refractivity contribution in [3.05, 3.63) is 42.7 Å². The van der Waals surface area contributed by atoms with Gasteiger partial charge >= 0.3 is 0 Å². The lowest BCUT2D eigenvalue weighted by Gasteiger charge is -2.19. The Hall–Kier alpha value is -2.19. The number of sulfonamides is 1. The van der Waals surface area contributed by atoms with Gasteiger partial charge in [0.05, 0.1) is 11.4 Å². The normalized spacial score (nSPS) is 18.5. The number of aromatic nitrogens is 2. The van der Waals surface area contributed by atoms with Crippen LogP contribution >= 0.6 is 0 Å². The second-order valence-electron chi connectivity index (χ2n) is 5.78. The van der Waals surface area contributed by atoms with Crippen molar-refractivity contribution < 1.29 is 13.2 Å². The number of hydrogen-bond acceptors (Lipinski definition) is 6. The van der Waals surface area contributed by atoms with Crippen molar-refractivity contribution in [2.24, 2.45) is 0 Å². The molecule has 3 rings (SSSR count). The molecule has 7 nitrogen and oxygen atoms in total.